The minimum atomic E-state index is -0.105. The Morgan fingerprint density at radius 2 is 1.81 bits per heavy atom. The van der Waals surface area contributed by atoms with Crippen LogP contribution in [-0.4, -0.2) is 16.1 Å². The normalized spacial score (nSPS) is 11.5. The first-order valence-corrected chi connectivity index (χ1v) is 9.61. The van der Waals surface area contributed by atoms with Crippen LogP contribution in [0, 0.1) is 0 Å². The predicted molar refractivity (Wildman–Crippen MR) is 110 cm³/mol. The molecule has 2 aromatic carbocycles. The van der Waals surface area contributed by atoms with E-state index in [0.717, 1.165) is 30.1 Å². The average molecular weight is 384 g/mol. The molecule has 3 aromatic rings. The molecule has 5 heteroatoms. The van der Waals surface area contributed by atoms with Gasteiger partial charge in [-0.05, 0) is 50.1 Å². The van der Waals surface area contributed by atoms with Crippen LogP contribution in [0.25, 0.3) is 0 Å². The fraction of sp³-hybridized carbons (Fsp3) is 0.318. The summed E-state index contributed by atoms with van der Waals surface area (Å²) in [6.07, 6.45) is 4.73. The zero-order valence-corrected chi connectivity index (χ0v) is 16.6. The summed E-state index contributed by atoms with van der Waals surface area (Å²) in [6, 6.07) is 18.8. The van der Waals surface area contributed by atoms with E-state index < -0.39 is 0 Å². The van der Waals surface area contributed by atoms with E-state index >= 15 is 0 Å². The fourth-order valence-corrected chi connectivity index (χ4v) is 3.07. The number of ether oxygens (including phenoxy) is 1. The molecule has 0 fully saturated rings. The van der Waals surface area contributed by atoms with Crippen molar-refractivity contribution in [2.75, 3.05) is 6.54 Å². The second kappa shape index (κ2) is 9.07. The van der Waals surface area contributed by atoms with Gasteiger partial charge in [0, 0.05) is 29.5 Å². The Balaban J connectivity index is 1.47. The summed E-state index contributed by atoms with van der Waals surface area (Å²) >= 11 is 5.98. The molecule has 1 N–H and O–H groups in total. The van der Waals surface area contributed by atoms with E-state index in [0.29, 0.717) is 12.6 Å². The minimum absolute atomic E-state index is 0.105. The molecular formula is C22H26ClN3O. The van der Waals surface area contributed by atoms with Crippen LogP contribution in [0.4, 0.5) is 0 Å². The zero-order chi connectivity index (χ0) is 19.1. The number of imidazole rings is 1. The fourth-order valence-electron chi connectivity index (χ4n) is 2.95. The Labute approximate surface area is 166 Å². The SMILES string of the molecule is CC(C)(NCCCn1ccnc1OCc1ccccc1)c1ccc(Cl)cc1. The summed E-state index contributed by atoms with van der Waals surface area (Å²) < 4.78 is 7.92. The second-order valence-corrected chi connectivity index (χ2v) is 7.53. The Hall–Kier alpha value is -2.30. The van der Waals surface area contributed by atoms with E-state index in [1.165, 1.54) is 5.56 Å². The van der Waals surface area contributed by atoms with E-state index in [-0.39, 0.29) is 5.54 Å². The van der Waals surface area contributed by atoms with Gasteiger partial charge in [0.1, 0.15) is 6.61 Å². The lowest BCUT2D eigenvalue weighted by Crippen LogP contribution is -2.37. The van der Waals surface area contributed by atoms with Crippen molar-refractivity contribution in [2.24, 2.45) is 0 Å². The van der Waals surface area contributed by atoms with E-state index in [1.807, 2.05) is 36.5 Å². The number of halogens is 1. The van der Waals surface area contributed by atoms with Crippen molar-refractivity contribution in [3.05, 3.63) is 83.1 Å². The molecule has 1 heterocycles. The molecule has 0 bridgehead atoms. The number of rotatable bonds is 9. The molecule has 0 atom stereocenters. The van der Waals surface area contributed by atoms with Gasteiger partial charge in [-0.3, -0.25) is 0 Å². The van der Waals surface area contributed by atoms with Gasteiger partial charge in [0.25, 0.3) is 6.01 Å². The molecule has 0 saturated carbocycles. The maximum atomic E-state index is 5.98. The van der Waals surface area contributed by atoms with Crippen LogP contribution in [0.15, 0.2) is 67.0 Å². The van der Waals surface area contributed by atoms with Crippen molar-refractivity contribution in [2.45, 2.75) is 39.0 Å². The quantitative estimate of drug-likeness (QED) is 0.526. The molecule has 0 aliphatic carbocycles. The van der Waals surface area contributed by atoms with Crippen LogP contribution in [-0.2, 0) is 18.7 Å². The lowest BCUT2D eigenvalue weighted by atomic mass is 9.94. The van der Waals surface area contributed by atoms with Gasteiger partial charge in [0.15, 0.2) is 0 Å². The monoisotopic (exact) mass is 383 g/mol. The highest BCUT2D eigenvalue weighted by Gasteiger charge is 2.19. The number of benzene rings is 2. The number of aryl methyl sites for hydroxylation is 1. The van der Waals surface area contributed by atoms with Crippen molar-refractivity contribution in [1.82, 2.24) is 14.9 Å². The number of hydrogen-bond donors (Lipinski definition) is 1. The maximum Gasteiger partial charge on any atom is 0.296 e. The highest BCUT2D eigenvalue weighted by atomic mass is 35.5. The highest BCUT2D eigenvalue weighted by Crippen LogP contribution is 2.22. The van der Waals surface area contributed by atoms with E-state index in [4.69, 9.17) is 16.3 Å². The van der Waals surface area contributed by atoms with Crippen LogP contribution in [0.2, 0.25) is 5.02 Å². The first-order valence-electron chi connectivity index (χ1n) is 9.23. The van der Waals surface area contributed by atoms with Gasteiger partial charge in [0.2, 0.25) is 0 Å². The summed E-state index contributed by atoms with van der Waals surface area (Å²) in [7, 11) is 0. The molecule has 1 aromatic heterocycles. The summed E-state index contributed by atoms with van der Waals surface area (Å²) in [6.45, 7) is 6.64. The topological polar surface area (TPSA) is 39.1 Å². The number of nitrogens with zero attached hydrogens (tertiary/aromatic N) is 2. The Kier molecular flexibility index (Phi) is 6.54. The van der Waals surface area contributed by atoms with Gasteiger partial charge in [0.05, 0.1) is 0 Å². The highest BCUT2D eigenvalue weighted by molar-refractivity contribution is 6.30. The third kappa shape index (κ3) is 5.59. The smallest absolute Gasteiger partial charge is 0.296 e. The van der Waals surface area contributed by atoms with Crippen LogP contribution in [0.5, 0.6) is 6.01 Å². The molecule has 142 valence electrons. The molecule has 0 unspecified atom stereocenters. The molecule has 4 nitrogen and oxygen atoms in total. The van der Waals surface area contributed by atoms with Gasteiger partial charge in [-0.2, -0.15) is 0 Å². The first kappa shape index (κ1) is 19.5. The maximum absolute atomic E-state index is 5.98. The second-order valence-electron chi connectivity index (χ2n) is 7.09. The van der Waals surface area contributed by atoms with E-state index in [2.05, 4.69) is 53.0 Å². The minimum Gasteiger partial charge on any atom is -0.460 e. The third-order valence-corrected chi connectivity index (χ3v) is 4.85. The van der Waals surface area contributed by atoms with Gasteiger partial charge < -0.3 is 14.6 Å². The standard InChI is InChI=1S/C22H26ClN3O/c1-22(2,19-9-11-20(23)12-10-19)25-13-6-15-26-16-14-24-21(26)27-17-18-7-4-3-5-8-18/h3-5,7-12,14,16,25H,6,13,15,17H2,1-2H3. The van der Waals surface area contributed by atoms with E-state index in [1.54, 1.807) is 6.20 Å². The van der Waals surface area contributed by atoms with Crippen molar-refractivity contribution >= 4 is 11.6 Å². The Morgan fingerprint density at radius 3 is 2.56 bits per heavy atom. The number of hydrogen-bond acceptors (Lipinski definition) is 3. The largest absolute Gasteiger partial charge is 0.460 e. The predicted octanol–water partition coefficient (Wildman–Crippen LogP) is 5.03. The van der Waals surface area contributed by atoms with Crippen LogP contribution in [0.1, 0.15) is 31.4 Å². The molecule has 0 amide bonds. The average Bonchev–Trinajstić information content (AvgIpc) is 3.12. The van der Waals surface area contributed by atoms with Crippen LogP contribution >= 0.6 is 11.6 Å². The van der Waals surface area contributed by atoms with Gasteiger partial charge in [-0.25, -0.2) is 4.98 Å². The number of nitrogens with one attached hydrogen (secondary N) is 1. The lowest BCUT2D eigenvalue weighted by molar-refractivity contribution is 0.265. The third-order valence-electron chi connectivity index (χ3n) is 4.60. The Morgan fingerprint density at radius 1 is 1.07 bits per heavy atom. The van der Waals surface area contributed by atoms with Crippen molar-refractivity contribution < 1.29 is 4.74 Å². The first-order chi connectivity index (χ1) is 13.0. The lowest BCUT2D eigenvalue weighted by Gasteiger charge is -2.27. The Bertz CT molecular complexity index is 828. The molecule has 0 aliphatic rings. The molecule has 27 heavy (non-hydrogen) atoms. The molecule has 0 aliphatic heterocycles. The molecule has 3 rings (SSSR count). The molecular weight excluding hydrogens is 358 g/mol. The van der Waals surface area contributed by atoms with Crippen LogP contribution < -0.4 is 10.1 Å². The molecule has 0 spiro atoms. The summed E-state index contributed by atoms with van der Waals surface area (Å²) in [5.41, 5.74) is 2.26. The summed E-state index contributed by atoms with van der Waals surface area (Å²) in [5.74, 6) is 0. The summed E-state index contributed by atoms with van der Waals surface area (Å²) in [4.78, 5) is 4.32. The van der Waals surface area contributed by atoms with Gasteiger partial charge >= 0.3 is 0 Å². The van der Waals surface area contributed by atoms with Crippen molar-refractivity contribution in [3.63, 3.8) is 0 Å². The van der Waals surface area contributed by atoms with Gasteiger partial charge in [-0.1, -0.05) is 54.1 Å². The summed E-state index contributed by atoms with van der Waals surface area (Å²) in [5, 5.41) is 4.38. The van der Waals surface area contributed by atoms with Crippen molar-refractivity contribution in [3.8, 4) is 6.01 Å². The van der Waals surface area contributed by atoms with Gasteiger partial charge in [-0.15, -0.1) is 0 Å². The molecule has 0 radical (unpaired) electrons. The number of aromatic nitrogens is 2. The molecule has 0 saturated heterocycles. The van der Waals surface area contributed by atoms with E-state index in [9.17, 15) is 0 Å². The van der Waals surface area contributed by atoms with Crippen molar-refractivity contribution in [1.29, 1.82) is 0 Å². The zero-order valence-electron chi connectivity index (χ0n) is 15.9. The van der Waals surface area contributed by atoms with Crippen LogP contribution in [0.3, 0.4) is 0 Å².